The number of hydrogen-bond acceptors (Lipinski definition) is 3. The van der Waals surface area contributed by atoms with Crippen LogP contribution in [-0.4, -0.2) is 16.0 Å². The second kappa shape index (κ2) is 5.00. The van der Waals surface area contributed by atoms with Crippen molar-refractivity contribution in [2.75, 3.05) is 0 Å². The van der Waals surface area contributed by atoms with Gasteiger partial charge in [0.2, 0.25) is 0 Å². The molecule has 120 valence electrons. The quantitative estimate of drug-likeness (QED) is 0.738. The van der Waals surface area contributed by atoms with E-state index in [0.717, 1.165) is 19.3 Å². The molecule has 3 rings (SSSR count). The van der Waals surface area contributed by atoms with E-state index in [1.54, 1.807) is 0 Å². The number of rotatable bonds is 1. The third-order valence-electron chi connectivity index (χ3n) is 5.87. The van der Waals surface area contributed by atoms with Crippen LogP contribution in [0.25, 0.3) is 0 Å². The van der Waals surface area contributed by atoms with E-state index in [9.17, 15) is 15.0 Å². The van der Waals surface area contributed by atoms with Gasteiger partial charge in [-0.1, -0.05) is 34.1 Å². The second-order valence-electron chi connectivity index (χ2n) is 8.00. The molecule has 1 fully saturated rings. The first-order chi connectivity index (χ1) is 10.2. The van der Waals surface area contributed by atoms with Crippen molar-refractivity contribution in [3.63, 3.8) is 0 Å². The summed E-state index contributed by atoms with van der Waals surface area (Å²) in [6.07, 6.45) is 3.77. The second-order valence-corrected chi connectivity index (χ2v) is 8.00. The van der Waals surface area contributed by atoms with Crippen LogP contribution in [0.3, 0.4) is 0 Å². The summed E-state index contributed by atoms with van der Waals surface area (Å²) >= 11 is 0. The van der Waals surface area contributed by atoms with Gasteiger partial charge in [0.25, 0.3) is 0 Å². The van der Waals surface area contributed by atoms with Gasteiger partial charge in [0.05, 0.1) is 0 Å². The summed E-state index contributed by atoms with van der Waals surface area (Å²) in [6.45, 7) is 8.37. The van der Waals surface area contributed by atoms with Gasteiger partial charge in [-0.15, -0.1) is 0 Å². The zero-order valence-corrected chi connectivity index (χ0v) is 13.9. The lowest BCUT2D eigenvalue weighted by Crippen LogP contribution is -2.38. The van der Waals surface area contributed by atoms with Crippen LogP contribution in [0.4, 0.5) is 0 Å². The molecule has 0 bridgehead atoms. The average Bonchev–Trinajstić information content (AvgIpc) is 2.43. The predicted molar refractivity (Wildman–Crippen MR) is 86.7 cm³/mol. The fourth-order valence-electron chi connectivity index (χ4n) is 4.52. The van der Waals surface area contributed by atoms with Crippen molar-refractivity contribution >= 4 is 5.78 Å². The van der Waals surface area contributed by atoms with E-state index in [4.69, 9.17) is 0 Å². The minimum absolute atomic E-state index is 0.0365. The maximum absolute atomic E-state index is 12.7. The molecule has 2 atom stereocenters. The van der Waals surface area contributed by atoms with Crippen LogP contribution in [-0.2, 0) is 0 Å². The zero-order valence-electron chi connectivity index (χ0n) is 13.9. The number of hydrogen-bond donors (Lipinski definition) is 2. The van der Waals surface area contributed by atoms with Gasteiger partial charge >= 0.3 is 0 Å². The summed E-state index contributed by atoms with van der Waals surface area (Å²) in [7, 11) is 0. The standard InChI is InChI=1S/C19H26O3/c1-10(2)12-8-13-15(20)9-14-11(6-5-7-19(14,3)4)16(13)18(22)17(12)21/h8,10-11,14,21-22H,5-7,9H2,1-4H3. The van der Waals surface area contributed by atoms with Crippen LogP contribution in [0.5, 0.6) is 11.5 Å². The monoisotopic (exact) mass is 302 g/mol. The third-order valence-corrected chi connectivity index (χ3v) is 5.87. The summed E-state index contributed by atoms with van der Waals surface area (Å²) in [5.41, 5.74) is 2.11. The number of Topliss-reactive ketones (excluding diaryl/α,β-unsaturated/α-hetero) is 1. The molecule has 1 aromatic rings. The number of fused-ring (bicyclic) bond motifs is 3. The minimum Gasteiger partial charge on any atom is -0.504 e. The number of phenolic OH excluding ortho intramolecular Hbond substituents is 2. The normalized spacial score (nSPS) is 26.7. The van der Waals surface area contributed by atoms with Crippen molar-refractivity contribution < 1.29 is 15.0 Å². The summed E-state index contributed by atoms with van der Waals surface area (Å²) < 4.78 is 0. The Kier molecular flexibility index (Phi) is 3.50. The molecule has 0 heterocycles. The van der Waals surface area contributed by atoms with Crippen LogP contribution in [0.15, 0.2) is 6.07 Å². The molecule has 1 saturated carbocycles. The number of aromatic hydroxyl groups is 2. The summed E-state index contributed by atoms with van der Waals surface area (Å²) in [5.74, 6) is 0.542. The van der Waals surface area contributed by atoms with E-state index in [0.29, 0.717) is 23.1 Å². The Morgan fingerprint density at radius 3 is 2.55 bits per heavy atom. The van der Waals surface area contributed by atoms with Crippen LogP contribution in [0.2, 0.25) is 0 Å². The Bertz CT molecular complexity index is 628. The Morgan fingerprint density at radius 2 is 1.91 bits per heavy atom. The van der Waals surface area contributed by atoms with Crippen LogP contribution in [0.1, 0.15) is 86.7 Å². The van der Waals surface area contributed by atoms with E-state index in [2.05, 4.69) is 13.8 Å². The van der Waals surface area contributed by atoms with Crippen LogP contribution in [0, 0.1) is 11.3 Å². The molecule has 0 amide bonds. The molecule has 0 aromatic heterocycles. The SMILES string of the molecule is CC(C)c1cc2c(c(O)c1O)C1CCCC(C)(C)C1CC2=O. The summed E-state index contributed by atoms with van der Waals surface area (Å²) in [5, 5.41) is 21.0. The van der Waals surface area contributed by atoms with Gasteiger partial charge in [-0.05, 0) is 42.1 Å². The molecule has 0 radical (unpaired) electrons. The van der Waals surface area contributed by atoms with Crippen molar-refractivity contribution in [2.45, 2.75) is 65.2 Å². The molecule has 2 aliphatic rings. The van der Waals surface area contributed by atoms with Crippen molar-refractivity contribution in [3.8, 4) is 11.5 Å². The number of carbonyl (C=O) groups is 1. The Morgan fingerprint density at radius 1 is 1.23 bits per heavy atom. The van der Waals surface area contributed by atoms with Crippen molar-refractivity contribution in [2.24, 2.45) is 11.3 Å². The van der Waals surface area contributed by atoms with Gasteiger partial charge in [-0.25, -0.2) is 0 Å². The number of phenols is 2. The topological polar surface area (TPSA) is 57.5 Å². The maximum Gasteiger partial charge on any atom is 0.163 e. The van der Waals surface area contributed by atoms with Gasteiger partial charge in [0, 0.05) is 23.1 Å². The number of ketones is 1. The summed E-state index contributed by atoms with van der Waals surface area (Å²) in [6, 6.07) is 1.81. The largest absolute Gasteiger partial charge is 0.504 e. The molecular weight excluding hydrogens is 276 g/mol. The molecule has 2 aliphatic carbocycles. The lowest BCUT2D eigenvalue weighted by Gasteiger charge is -2.47. The van der Waals surface area contributed by atoms with Crippen molar-refractivity contribution in [1.82, 2.24) is 0 Å². The molecule has 3 heteroatoms. The average molecular weight is 302 g/mol. The smallest absolute Gasteiger partial charge is 0.163 e. The third kappa shape index (κ3) is 2.13. The van der Waals surface area contributed by atoms with E-state index in [-0.39, 0.29) is 40.5 Å². The van der Waals surface area contributed by atoms with Crippen LogP contribution < -0.4 is 0 Å². The lowest BCUT2D eigenvalue weighted by molar-refractivity contribution is 0.0694. The summed E-state index contributed by atoms with van der Waals surface area (Å²) in [4.78, 5) is 12.7. The molecule has 0 aliphatic heterocycles. The van der Waals surface area contributed by atoms with E-state index in [1.165, 1.54) is 0 Å². The first-order valence-corrected chi connectivity index (χ1v) is 8.36. The number of benzene rings is 1. The molecule has 1 aromatic carbocycles. The van der Waals surface area contributed by atoms with Crippen molar-refractivity contribution in [1.29, 1.82) is 0 Å². The molecular formula is C19H26O3. The highest BCUT2D eigenvalue weighted by atomic mass is 16.3. The molecule has 3 nitrogen and oxygen atoms in total. The van der Waals surface area contributed by atoms with E-state index in [1.807, 2.05) is 19.9 Å². The van der Waals surface area contributed by atoms with Gasteiger partial charge in [-0.3, -0.25) is 4.79 Å². The molecule has 2 N–H and O–H groups in total. The van der Waals surface area contributed by atoms with Gasteiger partial charge < -0.3 is 10.2 Å². The maximum atomic E-state index is 12.7. The Balaban J connectivity index is 2.20. The highest BCUT2D eigenvalue weighted by Gasteiger charge is 2.46. The first kappa shape index (κ1) is 15.4. The fourth-order valence-corrected chi connectivity index (χ4v) is 4.52. The lowest BCUT2D eigenvalue weighted by atomic mass is 9.57. The van der Waals surface area contributed by atoms with Gasteiger partial charge in [0.15, 0.2) is 17.3 Å². The highest BCUT2D eigenvalue weighted by Crippen LogP contribution is 2.57. The Hall–Kier alpha value is -1.51. The van der Waals surface area contributed by atoms with E-state index < -0.39 is 0 Å². The molecule has 0 spiro atoms. The molecule has 0 saturated heterocycles. The van der Waals surface area contributed by atoms with Gasteiger partial charge in [-0.2, -0.15) is 0 Å². The number of carbonyl (C=O) groups excluding carboxylic acids is 1. The fraction of sp³-hybridized carbons (Fsp3) is 0.632. The molecule has 22 heavy (non-hydrogen) atoms. The Labute approximate surface area is 132 Å². The minimum atomic E-state index is -0.0538. The van der Waals surface area contributed by atoms with Gasteiger partial charge in [0.1, 0.15) is 0 Å². The predicted octanol–water partition coefficient (Wildman–Crippen LogP) is 4.72. The highest BCUT2D eigenvalue weighted by molar-refractivity contribution is 6.00. The van der Waals surface area contributed by atoms with Crippen LogP contribution >= 0.6 is 0 Å². The van der Waals surface area contributed by atoms with E-state index >= 15 is 0 Å². The first-order valence-electron chi connectivity index (χ1n) is 8.36. The zero-order chi connectivity index (χ0) is 16.2. The molecule has 2 unspecified atom stereocenters. The van der Waals surface area contributed by atoms with Crippen molar-refractivity contribution in [3.05, 3.63) is 22.8 Å².